The van der Waals surface area contributed by atoms with Crippen molar-refractivity contribution in [2.75, 3.05) is 70.1 Å². The van der Waals surface area contributed by atoms with Gasteiger partial charge in [0.25, 0.3) is 0 Å². The number of rotatable bonds is 23. The van der Waals surface area contributed by atoms with Gasteiger partial charge < -0.3 is 41.0 Å². The van der Waals surface area contributed by atoms with Crippen LogP contribution in [0.25, 0.3) is 11.0 Å². The summed E-state index contributed by atoms with van der Waals surface area (Å²) in [6, 6.07) is 8.64. The second-order valence-corrected chi connectivity index (χ2v) is 14.1. The number of nitrogens with two attached hydrogens (primary N) is 1. The molecule has 1 atom stereocenters. The van der Waals surface area contributed by atoms with Crippen LogP contribution in [-0.4, -0.2) is 112 Å². The minimum Gasteiger partial charge on any atom is -0.481 e. The summed E-state index contributed by atoms with van der Waals surface area (Å²) in [4.78, 5) is 60.6. The number of aryl methyl sites for hydroxylation is 1. The molecule has 3 amide bonds. The molecule has 1 aliphatic rings. The van der Waals surface area contributed by atoms with E-state index in [4.69, 9.17) is 15.6 Å². The molecule has 1 aliphatic heterocycles. The average Bonchev–Trinajstić information content (AvgIpc) is 3.54. The number of fused-ring (bicyclic) bond motifs is 1. The SMILES string of the molecule is CCCCCNc1nc(N)nc2ccn(Cc3ccc(CN4CCN(C(=O)CCOCCNC(=O)CCCCNC(=O)C(C)CC(=O)O)CC4)cc3C)c12. The number of nitrogens with zero attached hydrogens (tertiary/aromatic N) is 5. The van der Waals surface area contributed by atoms with Crippen LogP contribution < -0.4 is 21.7 Å². The first-order valence-corrected chi connectivity index (χ1v) is 19.3. The molecular formula is C39H59N9O6. The van der Waals surface area contributed by atoms with Gasteiger partial charge in [-0.2, -0.15) is 4.98 Å². The number of hydrogen-bond acceptors (Lipinski definition) is 10. The fourth-order valence-corrected chi connectivity index (χ4v) is 6.51. The molecule has 1 fully saturated rings. The van der Waals surface area contributed by atoms with Crippen LogP contribution in [0.3, 0.4) is 0 Å². The van der Waals surface area contributed by atoms with Gasteiger partial charge >= 0.3 is 5.97 Å². The van der Waals surface area contributed by atoms with Gasteiger partial charge in [0.1, 0.15) is 5.52 Å². The van der Waals surface area contributed by atoms with E-state index >= 15 is 0 Å². The Kier molecular flexibility index (Phi) is 17.0. The number of carboxylic acids is 1. The van der Waals surface area contributed by atoms with Crippen molar-refractivity contribution in [1.82, 2.24) is 35.0 Å². The van der Waals surface area contributed by atoms with E-state index in [9.17, 15) is 19.2 Å². The second-order valence-electron chi connectivity index (χ2n) is 14.1. The molecule has 1 unspecified atom stereocenters. The predicted octanol–water partition coefficient (Wildman–Crippen LogP) is 3.54. The summed E-state index contributed by atoms with van der Waals surface area (Å²) in [7, 11) is 0. The third-order valence-corrected chi connectivity index (χ3v) is 9.67. The topological polar surface area (TPSA) is 197 Å². The van der Waals surface area contributed by atoms with E-state index in [0.29, 0.717) is 71.6 Å². The summed E-state index contributed by atoms with van der Waals surface area (Å²) in [5.41, 5.74) is 11.5. The van der Waals surface area contributed by atoms with Crippen LogP contribution in [0.4, 0.5) is 11.8 Å². The lowest BCUT2D eigenvalue weighted by Gasteiger charge is -2.35. The van der Waals surface area contributed by atoms with Crippen molar-refractivity contribution in [3.63, 3.8) is 0 Å². The van der Waals surface area contributed by atoms with Gasteiger partial charge in [-0.15, -0.1) is 0 Å². The van der Waals surface area contributed by atoms with Gasteiger partial charge in [-0.1, -0.05) is 44.9 Å². The summed E-state index contributed by atoms with van der Waals surface area (Å²) in [5.74, 6) is -0.867. The molecule has 0 bridgehead atoms. The Morgan fingerprint density at radius 3 is 2.44 bits per heavy atom. The van der Waals surface area contributed by atoms with Gasteiger partial charge in [-0.05, 0) is 48.9 Å². The summed E-state index contributed by atoms with van der Waals surface area (Å²) in [6.45, 7) is 12.6. The number of carbonyl (C=O) groups excluding carboxylic acids is 3. The Labute approximate surface area is 318 Å². The molecule has 3 aromatic rings. The number of hydrogen-bond donors (Lipinski definition) is 5. The van der Waals surface area contributed by atoms with Crippen LogP contribution in [0.15, 0.2) is 30.5 Å². The number of benzene rings is 1. The highest BCUT2D eigenvalue weighted by atomic mass is 16.5. The minimum absolute atomic E-state index is 0.0771. The zero-order valence-corrected chi connectivity index (χ0v) is 32.2. The van der Waals surface area contributed by atoms with Gasteiger partial charge in [0, 0.05) is 77.4 Å². The number of aromatic nitrogens is 3. The van der Waals surface area contributed by atoms with Crippen molar-refractivity contribution in [3.8, 4) is 0 Å². The summed E-state index contributed by atoms with van der Waals surface area (Å²) < 4.78 is 7.78. The van der Waals surface area contributed by atoms with Crippen LogP contribution in [0.5, 0.6) is 0 Å². The lowest BCUT2D eigenvalue weighted by atomic mass is 10.0. The normalized spacial score (nSPS) is 13.9. The van der Waals surface area contributed by atoms with Crippen molar-refractivity contribution in [2.45, 2.75) is 85.2 Å². The van der Waals surface area contributed by atoms with Crippen LogP contribution in [0.1, 0.15) is 81.9 Å². The van der Waals surface area contributed by atoms with E-state index in [2.05, 4.69) is 67.4 Å². The first kappa shape index (κ1) is 42.0. The molecule has 2 aromatic heterocycles. The molecule has 0 radical (unpaired) electrons. The van der Waals surface area contributed by atoms with E-state index in [1.54, 1.807) is 6.92 Å². The lowest BCUT2D eigenvalue weighted by Crippen LogP contribution is -2.48. The number of aliphatic carboxylic acids is 1. The van der Waals surface area contributed by atoms with Crippen molar-refractivity contribution in [3.05, 3.63) is 47.2 Å². The molecule has 6 N–H and O–H groups in total. The maximum Gasteiger partial charge on any atom is 0.304 e. The van der Waals surface area contributed by atoms with E-state index in [1.807, 2.05) is 17.2 Å². The molecule has 4 rings (SSSR count). The van der Waals surface area contributed by atoms with E-state index in [1.165, 1.54) is 16.7 Å². The number of amides is 3. The molecule has 1 saturated heterocycles. The molecule has 0 aliphatic carbocycles. The van der Waals surface area contributed by atoms with E-state index in [0.717, 1.165) is 62.3 Å². The van der Waals surface area contributed by atoms with Crippen molar-refractivity contribution in [1.29, 1.82) is 0 Å². The number of piperazine rings is 1. The maximum absolute atomic E-state index is 12.8. The quantitative estimate of drug-likeness (QED) is 0.0890. The Balaban J connectivity index is 1.09. The third kappa shape index (κ3) is 13.6. The Hall–Kier alpha value is -4.76. The number of carboxylic acid groups (broad SMARTS) is 1. The number of anilines is 2. The zero-order chi connectivity index (χ0) is 38.9. The molecule has 296 valence electrons. The largest absolute Gasteiger partial charge is 0.481 e. The van der Waals surface area contributed by atoms with Gasteiger partial charge in [0.2, 0.25) is 23.7 Å². The fourth-order valence-electron chi connectivity index (χ4n) is 6.51. The monoisotopic (exact) mass is 749 g/mol. The molecule has 1 aromatic carbocycles. The van der Waals surface area contributed by atoms with Crippen LogP contribution >= 0.6 is 0 Å². The van der Waals surface area contributed by atoms with Crippen molar-refractivity contribution in [2.24, 2.45) is 5.92 Å². The Bertz CT molecular complexity index is 1690. The fraction of sp³-hybridized carbons (Fsp3) is 0.590. The highest BCUT2D eigenvalue weighted by Crippen LogP contribution is 2.25. The maximum atomic E-state index is 12.8. The first-order chi connectivity index (χ1) is 26.0. The third-order valence-electron chi connectivity index (χ3n) is 9.67. The zero-order valence-electron chi connectivity index (χ0n) is 32.2. The van der Waals surface area contributed by atoms with Crippen LogP contribution in [-0.2, 0) is 37.0 Å². The number of ether oxygens (including phenoxy) is 1. The predicted molar refractivity (Wildman–Crippen MR) is 209 cm³/mol. The van der Waals surface area contributed by atoms with Crippen molar-refractivity contribution >= 4 is 46.5 Å². The second kappa shape index (κ2) is 21.8. The van der Waals surface area contributed by atoms with Crippen LogP contribution in [0.2, 0.25) is 0 Å². The minimum atomic E-state index is -1.01. The molecule has 54 heavy (non-hydrogen) atoms. The first-order valence-electron chi connectivity index (χ1n) is 19.3. The van der Waals surface area contributed by atoms with Gasteiger partial charge in [-0.3, -0.25) is 24.1 Å². The lowest BCUT2D eigenvalue weighted by molar-refractivity contribution is -0.140. The van der Waals surface area contributed by atoms with Crippen molar-refractivity contribution < 1.29 is 29.0 Å². The molecule has 3 heterocycles. The number of nitrogens with one attached hydrogen (secondary N) is 3. The summed E-state index contributed by atoms with van der Waals surface area (Å²) >= 11 is 0. The number of unbranched alkanes of at least 4 members (excludes halogenated alkanes) is 3. The molecule has 0 spiro atoms. The molecule has 15 heteroatoms. The summed E-state index contributed by atoms with van der Waals surface area (Å²) in [5, 5.41) is 17.7. The number of nitrogen functional groups attached to an aromatic ring is 1. The highest BCUT2D eigenvalue weighted by molar-refractivity contribution is 5.87. The van der Waals surface area contributed by atoms with Crippen LogP contribution in [0, 0.1) is 12.8 Å². The summed E-state index contributed by atoms with van der Waals surface area (Å²) in [6.07, 6.45) is 7.09. The average molecular weight is 750 g/mol. The highest BCUT2D eigenvalue weighted by Gasteiger charge is 2.21. The van der Waals surface area contributed by atoms with Gasteiger partial charge in [0.15, 0.2) is 5.82 Å². The Morgan fingerprint density at radius 1 is 0.926 bits per heavy atom. The number of carbonyl (C=O) groups is 4. The molecule has 15 nitrogen and oxygen atoms in total. The van der Waals surface area contributed by atoms with Gasteiger partial charge in [-0.25, -0.2) is 4.98 Å². The smallest absolute Gasteiger partial charge is 0.304 e. The molecule has 0 saturated carbocycles. The molecular weight excluding hydrogens is 690 g/mol. The van der Waals surface area contributed by atoms with E-state index in [-0.39, 0.29) is 30.1 Å². The standard InChI is InChI=1S/C39H59N9O6/c1-4-5-7-14-42-37-36-32(44-39(40)45-37)12-17-48(36)27-31-11-10-30(24-28(31)2)26-46-18-20-47(21-19-46)34(50)13-22-54-23-16-41-33(49)9-6-8-15-43-38(53)29(3)25-35(51)52/h10-12,17,24,29H,4-9,13-16,18-23,25-27H2,1-3H3,(H,41,49)(H,43,53)(H,51,52)(H3,40,42,44,45). The van der Waals surface area contributed by atoms with Gasteiger partial charge in [0.05, 0.1) is 31.6 Å². The Morgan fingerprint density at radius 2 is 1.70 bits per heavy atom. The van der Waals surface area contributed by atoms with E-state index < -0.39 is 11.9 Å².